The van der Waals surface area contributed by atoms with Crippen LogP contribution in [-0.2, 0) is 16.1 Å². The summed E-state index contributed by atoms with van der Waals surface area (Å²) in [6, 6.07) is 6.74. The van der Waals surface area contributed by atoms with Crippen LogP contribution in [-0.4, -0.2) is 33.6 Å². The van der Waals surface area contributed by atoms with Crippen LogP contribution in [0.3, 0.4) is 0 Å². The number of halogens is 3. The van der Waals surface area contributed by atoms with Gasteiger partial charge in [-0.2, -0.15) is 8.78 Å². The van der Waals surface area contributed by atoms with Gasteiger partial charge in [0, 0.05) is 29.6 Å². The second kappa shape index (κ2) is 8.68. The molecule has 0 saturated heterocycles. The average Bonchev–Trinajstić information content (AvgIpc) is 2.96. The molecule has 0 radical (unpaired) electrons. The number of alkyl halides is 2. The van der Waals surface area contributed by atoms with Crippen LogP contribution in [0.15, 0.2) is 30.3 Å². The second-order valence-electron chi connectivity index (χ2n) is 11.2. The number of nitrogens with one attached hydrogen (secondary N) is 1. The van der Waals surface area contributed by atoms with Gasteiger partial charge in [0.05, 0.1) is 22.5 Å². The number of aromatic nitrogens is 2. The molecule has 4 rings (SSSR count). The fourth-order valence-electron chi connectivity index (χ4n) is 4.71. The van der Waals surface area contributed by atoms with E-state index in [1.165, 1.54) is 12.1 Å². The molecule has 1 aliphatic rings. The normalized spacial score (nSPS) is 16.5. The largest absolute Gasteiger partial charge is 0.384 e. The van der Waals surface area contributed by atoms with E-state index in [0.29, 0.717) is 22.5 Å². The summed E-state index contributed by atoms with van der Waals surface area (Å²) in [7, 11) is 1.73. The van der Waals surface area contributed by atoms with Crippen molar-refractivity contribution < 1.29 is 23.1 Å². The molecule has 198 valence electrons. The predicted molar refractivity (Wildman–Crippen MR) is 139 cm³/mol. The SMILES string of the molecule is CC(C)c1nc(N[C@H](C)c2cccc(C(F)(F)C(C)(C)O)c2F)c2cc3c(cc2n1)N(C)C(=O)C3(C)C. The van der Waals surface area contributed by atoms with Crippen LogP contribution < -0.4 is 10.2 Å². The number of carbonyl (C=O) groups is 1. The molecule has 0 saturated carbocycles. The van der Waals surface area contributed by atoms with E-state index in [2.05, 4.69) is 10.3 Å². The Kier molecular flexibility index (Phi) is 6.30. The lowest BCUT2D eigenvalue weighted by Crippen LogP contribution is -2.41. The molecule has 1 aliphatic heterocycles. The predicted octanol–water partition coefficient (Wildman–Crippen LogP) is 6.18. The molecule has 1 amide bonds. The van der Waals surface area contributed by atoms with Gasteiger partial charge in [-0.3, -0.25) is 4.79 Å². The van der Waals surface area contributed by atoms with Crippen molar-refractivity contribution in [2.45, 2.75) is 77.4 Å². The topological polar surface area (TPSA) is 78.4 Å². The van der Waals surface area contributed by atoms with Gasteiger partial charge in [0.15, 0.2) is 0 Å². The molecule has 0 bridgehead atoms. The molecule has 2 heterocycles. The Balaban J connectivity index is 1.84. The molecule has 6 nitrogen and oxygen atoms in total. The number of rotatable bonds is 6. The number of nitrogens with zero attached hydrogens (tertiary/aromatic N) is 3. The Bertz CT molecular complexity index is 1400. The molecule has 37 heavy (non-hydrogen) atoms. The van der Waals surface area contributed by atoms with Crippen LogP contribution in [0.25, 0.3) is 10.9 Å². The van der Waals surface area contributed by atoms with Crippen LogP contribution in [0.1, 0.15) is 82.9 Å². The van der Waals surface area contributed by atoms with Gasteiger partial charge < -0.3 is 15.3 Å². The van der Waals surface area contributed by atoms with E-state index in [4.69, 9.17) is 4.98 Å². The minimum atomic E-state index is -3.80. The Hall–Kier alpha value is -3.20. The van der Waals surface area contributed by atoms with Gasteiger partial charge in [-0.1, -0.05) is 26.0 Å². The third-order valence-electron chi connectivity index (χ3n) is 7.18. The van der Waals surface area contributed by atoms with Crippen LogP contribution >= 0.6 is 0 Å². The molecular formula is C28H33F3N4O2. The number of aliphatic hydroxyl groups is 1. The molecule has 0 aliphatic carbocycles. The molecule has 1 aromatic heterocycles. The number of benzene rings is 2. The van der Waals surface area contributed by atoms with E-state index in [0.717, 1.165) is 31.2 Å². The molecule has 9 heteroatoms. The summed E-state index contributed by atoms with van der Waals surface area (Å²) in [5.74, 6) is -3.98. The summed E-state index contributed by atoms with van der Waals surface area (Å²) in [6.45, 7) is 11.2. The second-order valence-corrected chi connectivity index (χ2v) is 11.2. The highest BCUT2D eigenvalue weighted by Crippen LogP contribution is 2.44. The highest BCUT2D eigenvalue weighted by atomic mass is 19.3. The summed E-state index contributed by atoms with van der Waals surface area (Å²) < 4.78 is 45.1. The summed E-state index contributed by atoms with van der Waals surface area (Å²) in [5.41, 5.74) is -1.85. The number of hydrogen-bond acceptors (Lipinski definition) is 5. The van der Waals surface area contributed by atoms with Gasteiger partial charge in [0.1, 0.15) is 23.1 Å². The van der Waals surface area contributed by atoms with Gasteiger partial charge in [0.2, 0.25) is 5.91 Å². The Morgan fingerprint density at radius 2 is 1.76 bits per heavy atom. The van der Waals surface area contributed by atoms with Crippen molar-refractivity contribution in [1.82, 2.24) is 9.97 Å². The monoisotopic (exact) mass is 514 g/mol. The molecule has 3 aromatic rings. The standard InChI is InChI=1S/C28H33F3N4O2/c1-14(2)23-33-20-13-21-19(26(4,5)25(36)35(21)8)12-17(20)24(34-23)32-15(3)16-10-9-11-18(22(16)29)28(30,31)27(6,7)37/h9-15,37H,1-8H3,(H,32,33,34)/t15-/m1/s1. The van der Waals surface area contributed by atoms with E-state index in [-0.39, 0.29) is 17.4 Å². The molecule has 2 aromatic carbocycles. The first-order chi connectivity index (χ1) is 17.0. The highest BCUT2D eigenvalue weighted by molar-refractivity contribution is 6.10. The molecular weight excluding hydrogens is 481 g/mol. The summed E-state index contributed by atoms with van der Waals surface area (Å²) in [6.07, 6.45) is 0. The molecule has 0 unspecified atom stereocenters. The van der Waals surface area contributed by atoms with Crippen molar-refractivity contribution >= 4 is 28.3 Å². The van der Waals surface area contributed by atoms with Crippen LogP contribution in [0, 0.1) is 5.82 Å². The third kappa shape index (κ3) is 4.23. The van der Waals surface area contributed by atoms with Gasteiger partial charge in [-0.25, -0.2) is 14.4 Å². The van der Waals surface area contributed by atoms with Gasteiger partial charge in [-0.15, -0.1) is 0 Å². The average molecular weight is 515 g/mol. The maximum absolute atomic E-state index is 15.4. The Morgan fingerprint density at radius 3 is 2.35 bits per heavy atom. The Labute approximate surface area is 214 Å². The first-order valence-electron chi connectivity index (χ1n) is 12.3. The van der Waals surface area contributed by atoms with Gasteiger partial charge in [0.25, 0.3) is 0 Å². The van der Waals surface area contributed by atoms with E-state index < -0.39 is 34.4 Å². The van der Waals surface area contributed by atoms with Crippen molar-refractivity contribution in [2.24, 2.45) is 0 Å². The van der Waals surface area contributed by atoms with E-state index in [9.17, 15) is 18.7 Å². The van der Waals surface area contributed by atoms with E-state index in [1.807, 2.05) is 39.8 Å². The Morgan fingerprint density at radius 1 is 1.11 bits per heavy atom. The van der Waals surface area contributed by atoms with Crippen molar-refractivity contribution in [1.29, 1.82) is 0 Å². The zero-order valence-electron chi connectivity index (χ0n) is 22.4. The highest BCUT2D eigenvalue weighted by Gasteiger charge is 2.49. The number of carbonyl (C=O) groups excluding carboxylic acids is 1. The van der Waals surface area contributed by atoms with Crippen LogP contribution in [0.2, 0.25) is 0 Å². The third-order valence-corrected chi connectivity index (χ3v) is 7.18. The summed E-state index contributed by atoms with van der Waals surface area (Å²) in [4.78, 5) is 23.9. The number of likely N-dealkylation sites (N-methyl/N-ethyl adjacent to an activating group) is 1. The smallest absolute Gasteiger partial charge is 0.303 e. The molecule has 1 atom stereocenters. The minimum absolute atomic E-state index is 0.00989. The molecule has 0 fully saturated rings. The first-order valence-corrected chi connectivity index (χ1v) is 12.3. The maximum atomic E-state index is 15.4. The lowest BCUT2D eigenvalue weighted by molar-refractivity contribution is -0.170. The van der Waals surface area contributed by atoms with Crippen molar-refractivity contribution in [2.75, 3.05) is 17.3 Å². The van der Waals surface area contributed by atoms with Crippen LogP contribution in [0.5, 0.6) is 0 Å². The van der Waals surface area contributed by atoms with E-state index in [1.54, 1.807) is 18.9 Å². The van der Waals surface area contributed by atoms with Gasteiger partial charge >= 0.3 is 5.92 Å². The maximum Gasteiger partial charge on any atom is 0.303 e. The summed E-state index contributed by atoms with van der Waals surface area (Å²) >= 11 is 0. The number of anilines is 2. The summed E-state index contributed by atoms with van der Waals surface area (Å²) in [5, 5.41) is 13.8. The number of fused-ring (bicyclic) bond motifs is 2. The fourth-order valence-corrected chi connectivity index (χ4v) is 4.71. The minimum Gasteiger partial charge on any atom is -0.384 e. The van der Waals surface area contributed by atoms with E-state index >= 15 is 4.39 Å². The van der Waals surface area contributed by atoms with Crippen molar-refractivity contribution in [3.05, 3.63) is 58.7 Å². The van der Waals surface area contributed by atoms with Crippen LogP contribution in [0.4, 0.5) is 24.7 Å². The zero-order valence-corrected chi connectivity index (χ0v) is 22.4. The number of amides is 1. The fraction of sp³-hybridized carbons (Fsp3) is 0.464. The lowest BCUT2D eigenvalue weighted by atomic mass is 9.85. The zero-order chi connectivity index (χ0) is 27.7. The molecule has 2 N–H and O–H groups in total. The first kappa shape index (κ1) is 26.9. The molecule has 0 spiro atoms. The van der Waals surface area contributed by atoms with Crippen molar-refractivity contribution in [3.63, 3.8) is 0 Å². The number of hydrogen-bond donors (Lipinski definition) is 2. The lowest BCUT2D eigenvalue weighted by Gasteiger charge is -2.30. The van der Waals surface area contributed by atoms with Gasteiger partial charge in [-0.05, 0) is 58.4 Å². The quantitative estimate of drug-likeness (QED) is 0.411. The van der Waals surface area contributed by atoms with Crippen molar-refractivity contribution in [3.8, 4) is 0 Å².